The Kier molecular flexibility index (Phi) is 10.4. The minimum absolute atomic E-state index is 0.451. The highest BCUT2D eigenvalue weighted by molar-refractivity contribution is 5.81. The summed E-state index contributed by atoms with van der Waals surface area (Å²) in [6.07, 6.45) is 8.97. The summed E-state index contributed by atoms with van der Waals surface area (Å²) in [4.78, 5) is 10.9. The fourth-order valence-electron chi connectivity index (χ4n) is 1.32. The first-order valence-electron chi connectivity index (χ1n) is 6.39. The first kappa shape index (κ1) is 15.8. The molecule has 0 amide bonds. The zero-order valence-corrected chi connectivity index (χ0v) is 11.0. The van der Waals surface area contributed by atoms with E-state index in [1.807, 2.05) is 0 Å². The van der Waals surface area contributed by atoms with E-state index in [2.05, 4.69) is 20.4 Å². The van der Waals surface area contributed by atoms with E-state index >= 15 is 0 Å². The number of rotatable bonds is 10. The maximum absolute atomic E-state index is 10.9. The van der Waals surface area contributed by atoms with Crippen LogP contribution in [0.25, 0.3) is 0 Å². The molecule has 0 heterocycles. The molecule has 0 saturated carbocycles. The first-order valence-corrected chi connectivity index (χ1v) is 6.39. The molecule has 0 aromatic carbocycles. The second kappa shape index (κ2) is 11.2. The van der Waals surface area contributed by atoms with Crippen molar-refractivity contribution in [3.05, 3.63) is 24.7 Å². The van der Waals surface area contributed by atoms with Gasteiger partial charge in [0.1, 0.15) is 12.0 Å². The number of hydrogen-bond acceptors (Lipinski definition) is 3. The van der Waals surface area contributed by atoms with Crippen LogP contribution < -0.4 is 0 Å². The molecule has 0 aromatic rings. The third kappa shape index (κ3) is 9.67. The van der Waals surface area contributed by atoms with Crippen LogP contribution in [0.4, 0.5) is 0 Å². The molecule has 0 aromatic heterocycles. The lowest BCUT2D eigenvalue weighted by Gasteiger charge is -2.09. The normalized spacial score (nSPS) is 11.1. The van der Waals surface area contributed by atoms with Gasteiger partial charge in [0.2, 0.25) is 0 Å². The minimum Gasteiger partial charge on any atom is -0.495 e. The highest BCUT2D eigenvalue weighted by Crippen LogP contribution is 2.09. The van der Waals surface area contributed by atoms with Gasteiger partial charge in [-0.1, -0.05) is 39.7 Å². The van der Waals surface area contributed by atoms with Gasteiger partial charge in [0.25, 0.3) is 0 Å². The van der Waals surface area contributed by atoms with E-state index in [1.54, 1.807) is 0 Å². The van der Waals surface area contributed by atoms with Gasteiger partial charge in [0.05, 0.1) is 6.61 Å². The second-order valence-electron chi connectivity index (χ2n) is 3.88. The fourth-order valence-corrected chi connectivity index (χ4v) is 1.32. The van der Waals surface area contributed by atoms with Crippen molar-refractivity contribution < 1.29 is 14.3 Å². The summed E-state index contributed by atoms with van der Waals surface area (Å²) >= 11 is 0. The summed E-state index contributed by atoms with van der Waals surface area (Å²) in [5.41, 5.74) is 0. The Morgan fingerprint density at radius 2 is 1.94 bits per heavy atom. The van der Waals surface area contributed by atoms with Crippen LogP contribution in [0.1, 0.15) is 52.4 Å². The summed E-state index contributed by atoms with van der Waals surface area (Å²) in [6, 6.07) is 0. The zero-order valence-electron chi connectivity index (χ0n) is 11.0. The molecule has 0 radical (unpaired) electrons. The van der Waals surface area contributed by atoms with Gasteiger partial charge in [-0.25, -0.2) is 4.79 Å². The predicted molar refractivity (Wildman–Crippen MR) is 69.4 cm³/mol. The molecular weight excluding hydrogens is 216 g/mol. The van der Waals surface area contributed by atoms with Crippen molar-refractivity contribution in [3.63, 3.8) is 0 Å². The van der Waals surface area contributed by atoms with Crippen LogP contribution in [0.5, 0.6) is 0 Å². The fraction of sp³-hybridized carbons (Fsp3) is 0.643. The highest BCUT2D eigenvalue weighted by atomic mass is 16.5. The Balaban J connectivity index is 3.88. The Bertz CT molecular complexity index is 244. The minimum atomic E-state index is -0.451. The number of ether oxygens (including phenoxy) is 2. The molecule has 0 spiro atoms. The number of allylic oxidation sites excluding steroid dienone is 1. The van der Waals surface area contributed by atoms with Gasteiger partial charge in [-0.15, -0.1) is 0 Å². The Morgan fingerprint density at radius 1 is 1.18 bits per heavy atom. The van der Waals surface area contributed by atoms with Crippen LogP contribution in [0.3, 0.4) is 0 Å². The Labute approximate surface area is 104 Å². The average Bonchev–Trinajstić information content (AvgIpc) is 2.35. The van der Waals surface area contributed by atoms with Crippen LogP contribution in [-0.4, -0.2) is 12.6 Å². The van der Waals surface area contributed by atoms with E-state index in [1.165, 1.54) is 25.5 Å². The predicted octanol–water partition coefficient (Wildman–Crippen LogP) is 3.95. The van der Waals surface area contributed by atoms with Gasteiger partial charge in [0.15, 0.2) is 0 Å². The van der Waals surface area contributed by atoms with E-state index in [9.17, 15) is 4.79 Å². The lowest BCUT2D eigenvalue weighted by molar-refractivity contribution is -0.132. The third-order valence-electron chi connectivity index (χ3n) is 2.25. The van der Waals surface area contributed by atoms with Gasteiger partial charge in [-0.2, -0.15) is 0 Å². The van der Waals surface area contributed by atoms with Crippen molar-refractivity contribution in [2.24, 2.45) is 0 Å². The summed E-state index contributed by atoms with van der Waals surface area (Å²) in [7, 11) is 0. The van der Waals surface area contributed by atoms with Crippen LogP contribution in [0, 0.1) is 0 Å². The molecule has 0 N–H and O–H groups in total. The van der Waals surface area contributed by atoms with Crippen molar-refractivity contribution in [1.29, 1.82) is 0 Å². The summed E-state index contributed by atoms with van der Waals surface area (Å²) in [5, 5.41) is 0. The molecule has 0 bridgehead atoms. The standard InChI is InChI=1S/C14H24O3/c1-4-7-8-9-11-16-13(10-5-2)12-17-14(15)6-3/h6,12H,3-5,7-11H2,1-2H3/b13-12-. The van der Waals surface area contributed by atoms with Crippen molar-refractivity contribution in [1.82, 2.24) is 0 Å². The third-order valence-corrected chi connectivity index (χ3v) is 2.25. The number of esters is 1. The lowest BCUT2D eigenvalue weighted by atomic mass is 10.2. The van der Waals surface area contributed by atoms with Gasteiger partial charge in [-0.05, 0) is 12.8 Å². The number of carbonyl (C=O) groups is 1. The van der Waals surface area contributed by atoms with E-state index < -0.39 is 5.97 Å². The van der Waals surface area contributed by atoms with E-state index in [0.29, 0.717) is 6.61 Å². The van der Waals surface area contributed by atoms with E-state index in [-0.39, 0.29) is 0 Å². The van der Waals surface area contributed by atoms with Gasteiger partial charge >= 0.3 is 5.97 Å². The molecule has 3 nitrogen and oxygen atoms in total. The second-order valence-corrected chi connectivity index (χ2v) is 3.88. The van der Waals surface area contributed by atoms with Crippen LogP contribution in [0.2, 0.25) is 0 Å². The largest absolute Gasteiger partial charge is 0.495 e. The average molecular weight is 240 g/mol. The van der Waals surface area contributed by atoms with Crippen molar-refractivity contribution in [2.75, 3.05) is 6.61 Å². The molecule has 17 heavy (non-hydrogen) atoms. The molecular formula is C14H24O3. The summed E-state index contributed by atoms with van der Waals surface area (Å²) < 4.78 is 10.4. The van der Waals surface area contributed by atoms with Gasteiger partial charge in [-0.3, -0.25) is 0 Å². The van der Waals surface area contributed by atoms with Crippen molar-refractivity contribution in [3.8, 4) is 0 Å². The molecule has 0 fully saturated rings. The van der Waals surface area contributed by atoms with Gasteiger partial charge in [0, 0.05) is 12.5 Å². The van der Waals surface area contributed by atoms with Crippen molar-refractivity contribution in [2.45, 2.75) is 52.4 Å². The first-order chi connectivity index (χ1) is 8.24. The molecule has 0 unspecified atom stereocenters. The van der Waals surface area contributed by atoms with Crippen molar-refractivity contribution >= 4 is 5.97 Å². The molecule has 0 aliphatic rings. The van der Waals surface area contributed by atoms with E-state index in [0.717, 1.165) is 31.1 Å². The van der Waals surface area contributed by atoms with Crippen LogP contribution in [-0.2, 0) is 14.3 Å². The molecule has 0 aliphatic carbocycles. The summed E-state index contributed by atoms with van der Waals surface area (Å²) in [6.45, 7) is 8.27. The monoisotopic (exact) mass is 240 g/mol. The maximum Gasteiger partial charge on any atom is 0.335 e. The van der Waals surface area contributed by atoms with Gasteiger partial charge < -0.3 is 9.47 Å². The van der Waals surface area contributed by atoms with Crippen LogP contribution in [0.15, 0.2) is 24.7 Å². The van der Waals surface area contributed by atoms with E-state index in [4.69, 9.17) is 9.47 Å². The summed E-state index contributed by atoms with van der Waals surface area (Å²) in [5.74, 6) is 0.285. The molecule has 0 rings (SSSR count). The Morgan fingerprint density at radius 3 is 2.53 bits per heavy atom. The molecule has 3 heteroatoms. The zero-order chi connectivity index (χ0) is 12.9. The molecule has 0 atom stereocenters. The van der Waals surface area contributed by atoms with Crippen LogP contribution >= 0.6 is 0 Å². The number of unbranched alkanes of at least 4 members (excludes halogenated alkanes) is 3. The highest BCUT2D eigenvalue weighted by Gasteiger charge is 2.00. The lowest BCUT2D eigenvalue weighted by Crippen LogP contribution is -1.99. The molecule has 0 aliphatic heterocycles. The number of carbonyl (C=O) groups excluding carboxylic acids is 1. The topological polar surface area (TPSA) is 35.5 Å². The smallest absolute Gasteiger partial charge is 0.335 e. The molecule has 98 valence electrons. The quantitative estimate of drug-likeness (QED) is 0.251. The maximum atomic E-state index is 10.9. The SMILES string of the molecule is C=CC(=O)O/C=C(/CCC)OCCCCCC. The Hall–Kier alpha value is -1.25. The molecule has 0 saturated heterocycles. The number of hydrogen-bond donors (Lipinski definition) is 0.